The monoisotopic (exact) mass is 526 g/mol. The number of carbonyl (C=O) groups is 1. The maximum Gasteiger partial charge on any atom is 0.436 e. The Morgan fingerprint density at radius 2 is 2.03 bits per heavy atom. The molecule has 174 valence electrons. The molecule has 0 radical (unpaired) electrons. The predicted octanol–water partition coefficient (Wildman–Crippen LogP) is 5.12. The zero-order valence-corrected chi connectivity index (χ0v) is 17.8. The summed E-state index contributed by atoms with van der Waals surface area (Å²) in [6.07, 6.45) is -6.32. The maximum atomic E-state index is 13.2. The predicted molar refractivity (Wildman–Crippen MR) is 105 cm³/mol. The molecule has 2 aromatic rings. The molecule has 14 heteroatoms. The highest BCUT2D eigenvalue weighted by Crippen LogP contribution is 2.47. The molecule has 0 bridgehead atoms. The summed E-state index contributed by atoms with van der Waals surface area (Å²) >= 11 is 2.96. The van der Waals surface area contributed by atoms with Gasteiger partial charge < -0.3 is 10.1 Å². The molecule has 1 saturated carbocycles. The van der Waals surface area contributed by atoms with E-state index in [9.17, 15) is 36.9 Å². The number of nitro groups is 1. The second-order valence-electron chi connectivity index (χ2n) is 7.02. The van der Waals surface area contributed by atoms with E-state index in [1.807, 2.05) is 0 Å². The van der Waals surface area contributed by atoms with Crippen LogP contribution < -0.4 is 10.1 Å². The number of amides is 1. The number of carbonyl (C=O) groups excluding carboxylic acids is 1. The van der Waals surface area contributed by atoms with Crippen molar-refractivity contribution < 1.29 is 36.4 Å². The Labute approximate surface area is 186 Å². The average molecular weight is 527 g/mol. The fraction of sp³-hybridized carbons (Fsp3) is 0.444. The van der Waals surface area contributed by atoms with Crippen LogP contribution in [0.4, 0.5) is 33.3 Å². The minimum absolute atomic E-state index is 0.0755. The second-order valence-corrected chi connectivity index (χ2v) is 7.81. The van der Waals surface area contributed by atoms with Crippen LogP contribution in [0.3, 0.4) is 0 Å². The Balaban J connectivity index is 1.72. The van der Waals surface area contributed by atoms with Crippen molar-refractivity contribution >= 4 is 33.2 Å². The van der Waals surface area contributed by atoms with Gasteiger partial charge in [-0.1, -0.05) is 0 Å². The fourth-order valence-corrected chi connectivity index (χ4v) is 3.82. The number of rotatable bonds is 9. The average Bonchev–Trinajstić information content (AvgIpc) is 3.46. The quantitative estimate of drug-likeness (QED) is 0.277. The summed E-state index contributed by atoms with van der Waals surface area (Å²) < 4.78 is 69.9. The second kappa shape index (κ2) is 9.38. The lowest BCUT2D eigenvalue weighted by molar-refractivity contribution is -0.384. The summed E-state index contributed by atoms with van der Waals surface area (Å²) in [5, 5.41) is 17.0. The Hall–Kier alpha value is -2.77. The number of anilines is 1. The normalized spacial score (nSPS) is 14.0. The van der Waals surface area contributed by atoms with Gasteiger partial charge in [0.15, 0.2) is 5.69 Å². The molecule has 1 amide bonds. The molecule has 1 aromatic carbocycles. The molecule has 1 heterocycles. The standard InChI is InChI=1S/C18H16BrF5N4O4/c19-15-16(9-1-2-9)27(26-17(15)18(22,23)24)4-3-14(29)25-10-5-11(28(30)31)7-12(6-10)32-8-13(20)21/h5-7,9,13H,1-4,8H2,(H,25,29). The van der Waals surface area contributed by atoms with E-state index in [0.717, 1.165) is 22.9 Å². The van der Waals surface area contributed by atoms with Gasteiger partial charge in [0, 0.05) is 24.5 Å². The highest BCUT2D eigenvalue weighted by molar-refractivity contribution is 9.10. The van der Waals surface area contributed by atoms with Gasteiger partial charge in [0.05, 0.1) is 33.4 Å². The van der Waals surface area contributed by atoms with Gasteiger partial charge in [-0.25, -0.2) is 8.78 Å². The highest BCUT2D eigenvalue weighted by atomic mass is 79.9. The van der Waals surface area contributed by atoms with E-state index in [1.165, 1.54) is 0 Å². The molecule has 1 aliphatic carbocycles. The van der Waals surface area contributed by atoms with Crippen molar-refractivity contribution in [3.05, 3.63) is 44.2 Å². The lowest BCUT2D eigenvalue weighted by atomic mass is 10.2. The van der Waals surface area contributed by atoms with Gasteiger partial charge in [0.2, 0.25) is 5.91 Å². The number of nitro benzene ring substituents is 1. The Kier molecular flexibility index (Phi) is 7.00. The van der Waals surface area contributed by atoms with Gasteiger partial charge >= 0.3 is 6.18 Å². The zero-order chi connectivity index (χ0) is 23.6. The number of hydrogen-bond acceptors (Lipinski definition) is 5. The molecule has 3 rings (SSSR count). The summed E-state index contributed by atoms with van der Waals surface area (Å²) in [6, 6.07) is 3.07. The Morgan fingerprint density at radius 3 is 2.59 bits per heavy atom. The number of nitrogens with zero attached hydrogens (tertiary/aromatic N) is 3. The third-order valence-electron chi connectivity index (χ3n) is 4.48. The molecular weight excluding hydrogens is 511 g/mol. The number of aryl methyl sites for hydroxylation is 1. The number of nitrogens with one attached hydrogen (secondary N) is 1. The van der Waals surface area contributed by atoms with Crippen LogP contribution in [-0.2, 0) is 17.5 Å². The summed E-state index contributed by atoms with van der Waals surface area (Å²) in [4.78, 5) is 22.6. The number of non-ortho nitro benzene ring substituents is 1. The summed E-state index contributed by atoms with van der Waals surface area (Å²) in [6.45, 7) is -1.15. The molecular formula is C18H16BrF5N4O4. The van der Waals surface area contributed by atoms with Gasteiger partial charge in [-0.15, -0.1) is 0 Å². The first-order valence-electron chi connectivity index (χ1n) is 9.29. The van der Waals surface area contributed by atoms with Gasteiger partial charge in [-0.05, 0) is 28.8 Å². The van der Waals surface area contributed by atoms with Gasteiger partial charge in [-0.2, -0.15) is 18.3 Å². The first-order chi connectivity index (χ1) is 15.0. The maximum absolute atomic E-state index is 13.2. The Bertz CT molecular complexity index is 1020. The number of aromatic nitrogens is 2. The van der Waals surface area contributed by atoms with Crippen LogP contribution in [0.25, 0.3) is 0 Å². The largest absolute Gasteiger partial charge is 0.487 e. The van der Waals surface area contributed by atoms with Crippen molar-refractivity contribution in [1.82, 2.24) is 9.78 Å². The Morgan fingerprint density at radius 1 is 1.34 bits per heavy atom. The van der Waals surface area contributed by atoms with E-state index < -0.39 is 41.4 Å². The summed E-state index contributed by atoms with van der Waals surface area (Å²) in [5.74, 6) is -0.980. The summed E-state index contributed by atoms with van der Waals surface area (Å²) in [7, 11) is 0. The number of halogens is 6. The minimum Gasteiger partial charge on any atom is -0.487 e. The van der Waals surface area contributed by atoms with Gasteiger partial charge in [-0.3, -0.25) is 19.6 Å². The van der Waals surface area contributed by atoms with Crippen LogP contribution in [-0.4, -0.2) is 33.6 Å². The number of alkyl halides is 5. The lowest BCUT2D eigenvalue weighted by Gasteiger charge is -2.10. The van der Waals surface area contributed by atoms with Crippen LogP contribution in [0.2, 0.25) is 0 Å². The van der Waals surface area contributed by atoms with Gasteiger partial charge in [0.1, 0.15) is 12.4 Å². The molecule has 0 aliphatic heterocycles. The van der Waals surface area contributed by atoms with Crippen LogP contribution in [0.1, 0.15) is 36.6 Å². The lowest BCUT2D eigenvalue weighted by Crippen LogP contribution is -2.17. The van der Waals surface area contributed by atoms with Gasteiger partial charge in [0.25, 0.3) is 12.1 Å². The third kappa shape index (κ3) is 5.93. The highest BCUT2D eigenvalue weighted by Gasteiger charge is 2.41. The van der Waals surface area contributed by atoms with Crippen molar-refractivity contribution in [3.8, 4) is 5.75 Å². The first-order valence-corrected chi connectivity index (χ1v) is 10.1. The molecule has 1 aliphatic rings. The van der Waals surface area contributed by atoms with Crippen molar-refractivity contribution in [1.29, 1.82) is 0 Å². The van der Waals surface area contributed by atoms with Crippen LogP contribution >= 0.6 is 15.9 Å². The van der Waals surface area contributed by atoms with E-state index in [1.54, 1.807) is 0 Å². The van der Waals surface area contributed by atoms with Crippen molar-refractivity contribution in [2.45, 2.75) is 44.3 Å². The van der Waals surface area contributed by atoms with E-state index >= 15 is 0 Å². The number of hydrogen-bond donors (Lipinski definition) is 1. The van der Waals surface area contributed by atoms with Crippen LogP contribution in [0, 0.1) is 10.1 Å². The molecule has 0 atom stereocenters. The molecule has 8 nitrogen and oxygen atoms in total. The van der Waals surface area contributed by atoms with Crippen LogP contribution in [0.15, 0.2) is 22.7 Å². The fourth-order valence-electron chi connectivity index (χ4n) is 2.99. The van der Waals surface area contributed by atoms with Crippen LogP contribution in [0.5, 0.6) is 5.75 Å². The van der Waals surface area contributed by atoms with E-state index in [2.05, 4.69) is 26.3 Å². The third-order valence-corrected chi connectivity index (χ3v) is 5.26. The molecule has 0 saturated heterocycles. The molecule has 1 fully saturated rings. The minimum atomic E-state index is -4.66. The zero-order valence-electron chi connectivity index (χ0n) is 16.2. The van der Waals surface area contributed by atoms with E-state index in [0.29, 0.717) is 18.5 Å². The van der Waals surface area contributed by atoms with E-state index in [-0.39, 0.29) is 34.8 Å². The SMILES string of the molecule is O=C(CCn1nc(C(F)(F)F)c(Br)c1C1CC1)Nc1cc(OCC(F)F)cc([N+](=O)[O-])c1. The molecule has 1 aromatic heterocycles. The van der Waals surface area contributed by atoms with Crippen molar-refractivity contribution in [3.63, 3.8) is 0 Å². The first kappa shape index (κ1) is 23.9. The number of ether oxygens (including phenoxy) is 1. The molecule has 32 heavy (non-hydrogen) atoms. The molecule has 0 spiro atoms. The van der Waals surface area contributed by atoms with Crippen molar-refractivity contribution in [2.75, 3.05) is 11.9 Å². The smallest absolute Gasteiger partial charge is 0.436 e. The van der Waals surface area contributed by atoms with E-state index in [4.69, 9.17) is 4.74 Å². The molecule has 1 N–H and O–H groups in total. The summed E-state index contributed by atoms with van der Waals surface area (Å²) in [5.41, 5.74) is -1.27. The topological polar surface area (TPSA) is 99.3 Å². The van der Waals surface area contributed by atoms with Crippen molar-refractivity contribution in [2.24, 2.45) is 0 Å². The number of benzene rings is 1. The molecule has 0 unspecified atom stereocenters.